The molecule has 0 radical (unpaired) electrons. The van der Waals surface area contributed by atoms with Gasteiger partial charge in [0, 0.05) is 5.56 Å². The molecule has 0 aliphatic carbocycles. The van der Waals surface area contributed by atoms with E-state index in [4.69, 9.17) is 10.6 Å². The van der Waals surface area contributed by atoms with Gasteiger partial charge in [-0.1, -0.05) is 43.3 Å². The van der Waals surface area contributed by atoms with E-state index in [-0.39, 0.29) is 11.6 Å². The summed E-state index contributed by atoms with van der Waals surface area (Å²) in [6.45, 7) is 2.06. The van der Waals surface area contributed by atoms with Crippen LogP contribution < -0.4 is 16.0 Å². The lowest BCUT2D eigenvalue weighted by Crippen LogP contribution is -2.30. The number of rotatable bonds is 5. The molecule has 0 saturated heterocycles. The van der Waals surface area contributed by atoms with Crippen molar-refractivity contribution in [3.05, 3.63) is 65.0 Å². The maximum atomic E-state index is 14.4. The van der Waals surface area contributed by atoms with E-state index in [0.29, 0.717) is 5.56 Å². The van der Waals surface area contributed by atoms with Gasteiger partial charge in [0.15, 0.2) is 11.6 Å². The quantitative estimate of drug-likeness (QED) is 0.651. The highest BCUT2D eigenvalue weighted by Gasteiger charge is 2.20. The number of nitrogens with one attached hydrogen (secondary N) is 1. The number of benzene rings is 2. The first-order chi connectivity index (χ1) is 9.72. The van der Waals surface area contributed by atoms with Gasteiger partial charge >= 0.3 is 0 Å². The topological polar surface area (TPSA) is 47.3 Å². The van der Waals surface area contributed by atoms with Gasteiger partial charge in [-0.05, 0) is 23.6 Å². The minimum Gasteiger partial charge on any atom is -0.494 e. The molecule has 0 spiro atoms. The Hall–Kier alpha value is -1.91. The molecule has 106 valence electrons. The van der Waals surface area contributed by atoms with E-state index in [9.17, 15) is 4.39 Å². The van der Waals surface area contributed by atoms with E-state index in [1.807, 2.05) is 24.3 Å². The van der Waals surface area contributed by atoms with Crippen molar-refractivity contribution in [2.45, 2.75) is 19.4 Å². The third kappa shape index (κ3) is 2.66. The average Bonchev–Trinajstić information content (AvgIpc) is 2.50. The van der Waals surface area contributed by atoms with Crippen molar-refractivity contribution >= 4 is 0 Å². The molecule has 4 heteroatoms. The van der Waals surface area contributed by atoms with Crippen molar-refractivity contribution in [3.8, 4) is 5.75 Å². The van der Waals surface area contributed by atoms with Gasteiger partial charge in [-0.25, -0.2) is 9.82 Å². The number of hydrogen-bond acceptors (Lipinski definition) is 3. The second-order valence-electron chi connectivity index (χ2n) is 4.52. The molecule has 2 rings (SSSR count). The van der Waals surface area contributed by atoms with Crippen LogP contribution >= 0.6 is 0 Å². The lowest BCUT2D eigenvalue weighted by atomic mass is 9.93. The Labute approximate surface area is 118 Å². The van der Waals surface area contributed by atoms with Gasteiger partial charge in [0.1, 0.15) is 0 Å². The zero-order valence-corrected chi connectivity index (χ0v) is 11.7. The summed E-state index contributed by atoms with van der Waals surface area (Å²) in [6.07, 6.45) is 0.861. The third-order valence-corrected chi connectivity index (χ3v) is 3.44. The monoisotopic (exact) mass is 274 g/mol. The first-order valence-corrected chi connectivity index (χ1v) is 6.59. The van der Waals surface area contributed by atoms with E-state index >= 15 is 0 Å². The summed E-state index contributed by atoms with van der Waals surface area (Å²) < 4.78 is 19.4. The Bertz CT molecular complexity index is 586. The number of halogens is 1. The fourth-order valence-corrected chi connectivity index (χ4v) is 2.39. The Morgan fingerprint density at radius 1 is 1.15 bits per heavy atom. The van der Waals surface area contributed by atoms with Crippen LogP contribution in [0, 0.1) is 5.82 Å². The summed E-state index contributed by atoms with van der Waals surface area (Å²) in [5.74, 6) is 5.50. The molecular weight excluding hydrogens is 255 g/mol. The van der Waals surface area contributed by atoms with E-state index < -0.39 is 6.04 Å². The predicted molar refractivity (Wildman–Crippen MR) is 77.9 cm³/mol. The minimum atomic E-state index is -0.402. The van der Waals surface area contributed by atoms with Crippen LogP contribution in [0.15, 0.2) is 42.5 Å². The summed E-state index contributed by atoms with van der Waals surface area (Å²) in [7, 11) is 1.45. The standard InChI is InChI=1S/C16H19FN2O/c1-3-11-7-4-5-8-12(11)16(19-18)13-9-6-10-14(20-2)15(13)17/h4-10,16,19H,3,18H2,1-2H3. The average molecular weight is 274 g/mol. The number of hydrogen-bond donors (Lipinski definition) is 2. The molecule has 0 aromatic heterocycles. The molecule has 0 heterocycles. The third-order valence-electron chi connectivity index (χ3n) is 3.44. The van der Waals surface area contributed by atoms with Crippen molar-refractivity contribution in [1.29, 1.82) is 0 Å². The predicted octanol–water partition coefficient (Wildman–Crippen LogP) is 2.95. The first-order valence-electron chi connectivity index (χ1n) is 6.59. The molecule has 0 fully saturated rings. The maximum Gasteiger partial charge on any atom is 0.170 e. The normalized spacial score (nSPS) is 12.2. The zero-order chi connectivity index (χ0) is 14.5. The summed E-state index contributed by atoms with van der Waals surface area (Å²) in [6, 6.07) is 12.6. The molecule has 0 saturated carbocycles. The van der Waals surface area contributed by atoms with Gasteiger partial charge in [-0.15, -0.1) is 0 Å². The van der Waals surface area contributed by atoms with Gasteiger partial charge in [0.25, 0.3) is 0 Å². The largest absolute Gasteiger partial charge is 0.494 e. The minimum absolute atomic E-state index is 0.219. The van der Waals surface area contributed by atoms with Crippen molar-refractivity contribution in [2.75, 3.05) is 7.11 Å². The van der Waals surface area contributed by atoms with E-state index in [1.54, 1.807) is 18.2 Å². The number of hydrazine groups is 1. The lowest BCUT2D eigenvalue weighted by molar-refractivity contribution is 0.381. The second kappa shape index (κ2) is 6.50. The molecule has 0 aliphatic heterocycles. The van der Waals surface area contributed by atoms with Crippen molar-refractivity contribution in [2.24, 2.45) is 5.84 Å². The van der Waals surface area contributed by atoms with Crippen LogP contribution in [-0.2, 0) is 6.42 Å². The Balaban J connectivity index is 2.53. The number of aryl methyl sites for hydroxylation is 1. The summed E-state index contributed by atoms with van der Waals surface area (Å²) >= 11 is 0. The van der Waals surface area contributed by atoms with Crippen LogP contribution in [0.2, 0.25) is 0 Å². The van der Waals surface area contributed by atoms with Crippen molar-refractivity contribution in [1.82, 2.24) is 5.43 Å². The van der Waals surface area contributed by atoms with E-state index in [2.05, 4.69) is 12.3 Å². The summed E-state index contributed by atoms with van der Waals surface area (Å²) in [5.41, 5.74) is 5.30. The highest BCUT2D eigenvalue weighted by molar-refractivity contribution is 5.41. The fraction of sp³-hybridized carbons (Fsp3) is 0.250. The Kier molecular flexibility index (Phi) is 4.71. The Morgan fingerprint density at radius 3 is 2.50 bits per heavy atom. The molecule has 1 atom stereocenters. The van der Waals surface area contributed by atoms with Crippen LogP contribution in [-0.4, -0.2) is 7.11 Å². The number of methoxy groups -OCH3 is 1. The van der Waals surface area contributed by atoms with Gasteiger partial charge in [-0.3, -0.25) is 5.84 Å². The fourth-order valence-electron chi connectivity index (χ4n) is 2.39. The maximum absolute atomic E-state index is 14.4. The summed E-state index contributed by atoms with van der Waals surface area (Å²) in [5, 5.41) is 0. The lowest BCUT2D eigenvalue weighted by Gasteiger charge is -2.21. The van der Waals surface area contributed by atoms with Gasteiger partial charge < -0.3 is 4.74 Å². The van der Waals surface area contributed by atoms with Crippen LogP contribution in [0.1, 0.15) is 29.7 Å². The smallest absolute Gasteiger partial charge is 0.170 e. The number of ether oxygens (including phenoxy) is 1. The molecule has 1 unspecified atom stereocenters. The molecule has 2 aromatic carbocycles. The summed E-state index contributed by atoms with van der Waals surface area (Å²) in [4.78, 5) is 0. The van der Waals surface area contributed by atoms with Gasteiger partial charge in [0.2, 0.25) is 0 Å². The van der Waals surface area contributed by atoms with Crippen molar-refractivity contribution in [3.63, 3.8) is 0 Å². The van der Waals surface area contributed by atoms with Crippen LogP contribution in [0.25, 0.3) is 0 Å². The second-order valence-corrected chi connectivity index (χ2v) is 4.52. The van der Waals surface area contributed by atoms with E-state index in [1.165, 1.54) is 7.11 Å². The SMILES string of the molecule is CCc1ccccc1C(NN)c1cccc(OC)c1F. The van der Waals surface area contributed by atoms with E-state index in [0.717, 1.165) is 17.5 Å². The molecule has 2 aromatic rings. The van der Waals surface area contributed by atoms with Crippen LogP contribution in [0.4, 0.5) is 4.39 Å². The van der Waals surface area contributed by atoms with Gasteiger partial charge in [0.05, 0.1) is 13.2 Å². The highest BCUT2D eigenvalue weighted by atomic mass is 19.1. The molecular formula is C16H19FN2O. The zero-order valence-electron chi connectivity index (χ0n) is 11.7. The highest BCUT2D eigenvalue weighted by Crippen LogP contribution is 2.30. The molecule has 20 heavy (non-hydrogen) atoms. The van der Waals surface area contributed by atoms with Gasteiger partial charge in [-0.2, -0.15) is 0 Å². The molecule has 0 bridgehead atoms. The molecule has 3 N–H and O–H groups in total. The van der Waals surface area contributed by atoms with Crippen LogP contribution in [0.5, 0.6) is 5.75 Å². The molecule has 3 nitrogen and oxygen atoms in total. The first kappa shape index (κ1) is 14.5. The van der Waals surface area contributed by atoms with Crippen molar-refractivity contribution < 1.29 is 9.13 Å². The number of nitrogens with two attached hydrogens (primary N) is 1. The Morgan fingerprint density at radius 2 is 1.85 bits per heavy atom. The van der Waals surface area contributed by atoms with Crippen LogP contribution in [0.3, 0.4) is 0 Å². The molecule has 0 amide bonds. The molecule has 0 aliphatic rings.